The molecule has 1 N–H and O–H groups in total. The molecule has 0 saturated carbocycles. The van der Waals surface area contributed by atoms with Crippen LogP contribution in [0.15, 0.2) is 24.5 Å². The van der Waals surface area contributed by atoms with Gasteiger partial charge in [0.1, 0.15) is 5.65 Å². The Balaban J connectivity index is 2.15. The van der Waals surface area contributed by atoms with Crippen molar-refractivity contribution in [2.75, 3.05) is 13.6 Å². The molecule has 2 aromatic rings. The standard InChI is InChI=1S/C14H21N3O/c1-11-6-5-7-17-9-12(15-13(11)17)8-16(4)10-14(2,3)18/h5-7,9,18H,8,10H2,1-4H3. The summed E-state index contributed by atoms with van der Waals surface area (Å²) in [6, 6.07) is 4.08. The van der Waals surface area contributed by atoms with E-state index >= 15 is 0 Å². The van der Waals surface area contributed by atoms with Crippen LogP contribution in [0.2, 0.25) is 0 Å². The molecule has 0 saturated heterocycles. The lowest BCUT2D eigenvalue weighted by Gasteiger charge is -2.24. The number of pyridine rings is 1. The van der Waals surface area contributed by atoms with E-state index in [-0.39, 0.29) is 0 Å². The van der Waals surface area contributed by atoms with Crippen LogP contribution in [-0.2, 0) is 6.54 Å². The minimum Gasteiger partial charge on any atom is -0.389 e. The Morgan fingerprint density at radius 3 is 2.78 bits per heavy atom. The van der Waals surface area contributed by atoms with Crippen molar-refractivity contribution in [2.45, 2.75) is 32.9 Å². The van der Waals surface area contributed by atoms with E-state index < -0.39 is 5.60 Å². The van der Waals surface area contributed by atoms with E-state index in [4.69, 9.17) is 0 Å². The van der Waals surface area contributed by atoms with Gasteiger partial charge >= 0.3 is 0 Å². The van der Waals surface area contributed by atoms with E-state index in [2.05, 4.69) is 22.9 Å². The number of imidazole rings is 1. The van der Waals surface area contributed by atoms with Gasteiger partial charge in [0.25, 0.3) is 0 Å². The third kappa shape index (κ3) is 3.09. The van der Waals surface area contributed by atoms with Crippen molar-refractivity contribution in [3.05, 3.63) is 35.8 Å². The van der Waals surface area contributed by atoms with E-state index in [0.29, 0.717) is 6.54 Å². The molecule has 4 nitrogen and oxygen atoms in total. The molecule has 2 rings (SSSR count). The first-order valence-electron chi connectivity index (χ1n) is 6.19. The van der Waals surface area contributed by atoms with Crippen LogP contribution >= 0.6 is 0 Å². The van der Waals surface area contributed by atoms with Gasteiger partial charge in [0.2, 0.25) is 0 Å². The van der Waals surface area contributed by atoms with Gasteiger partial charge in [-0.15, -0.1) is 0 Å². The first kappa shape index (κ1) is 13.1. The zero-order chi connectivity index (χ0) is 13.3. The molecule has 0 spiro atoms. The molecule has 0 atom stereocenters. The fraction of sp³-hybridized carbons (Fsp3) is 0.500. The minimum absolute atomic E-state index is 0.625. The van der Waals surface area contributed by atoms with E-state index in [1.807, 2.05) is 43.8 Å². The highest BCUT2D eigenvalue weighted by Gasteiger charge is 2.16. The number of hydrogen-bond donors (Lipinski definition) is 1. The van der Waals surface area contributed by atoms with Crippen LogP contribution in [0.25, 0.3) is 5.65 Å². The molecule has 0 aromatic carbocycles. The van der Waals surface area contributed by atoms with Crippen LogP contribution in [0, 0.1) is 6.92 Å². The van der Waals surface area contributed by atoms with Crippen molar-refractivity contribution in [1.29, 1.82) is 0 Å². The van der Waals surface area contributed by atoms with Gasteiger partial charge in [-0.3, -0.25) is 4.90 Å². The van der Waals surface area contributed by atoms with E-state index in [0.717, 1.165) is 17.9 Å². The molecule has 0 aliphatic carbocycles. The summed E-state index contributed by atoms with van der Waals surface area (Å²) in [5.41, 5.74) is 2.53. The molecular formula is C14H21N3O. The number of fused-ring (bicyclic) bond motifs is 1. The number of nitrogens with zero attached hydrogens (tertiary/aromatic N) is 3. The second kappa shape index (κ2) is 4.71. The van der Waals surface area contributed by atoms with Gasteiger partial charge in [-0.1, -0.05) is 6.07 Å². The van der Waals surface area contributed by atoms with Crippen molar-refractivity contribution in [3.63, 3.8) is 0 Å². The lowest BCUT2D eigenvalue weighted by atomic mass is 10.1. The first-order chi connectivity index (χ1) is 8.35. The Labute approximate surface area is 108 Å². The van der Waals surface area contributed by atoms with Gasteiger partial charge in [-0.25, -0.2) is 4.98 Å². The second-order valence-electron chi connectivity index (χ2n) is 5.64. The quantitative estimate of drug-likeness (QED) is 0.896. The molecule has 4 heteroatoms. The molecule has 2 heterocycles. The van der Waals surface area contributed by atoms with Crippen LogP contribution < -0.4 is 0 Å². The third-order valence-corrected chi connectivity index (χ3v) is 2.82. The Morgan fingerprint density at radius 2 is 2.17 bits per heavy atom. The van der Waals surface area contributed by atoms with Crippen molar-refractivity contribution < 1.29 is 5.11 Å². The van der Waals surface area contributed by atoms with E-state index in [9.17, 15) is 5.11 Å². The Bertz CT molecular complexity index is 539. The van der Waals surface area contributed by atoms with Gasteiger partial charge in [-0.2, -0.15) is 0 Å². The molecule has 0 bridgehead atoms. The van der Waals surface area contributed by atoms with E-state index in [1.54, 1.807) is 0 Å². The molecular weight excluding hydrogens is 226 g/mol. The van der Waals surface area contributed by atoms with Crippen molar-refractivity contribution in [2.24, 2.45) is 0 Å². The number of rotatable bonds is 4. The lowest BCUT2D eigenvalue weighted by molar-refractivity contribution is 0.0422. The Morgan fingerprint density at radius 1 is 1.44 bits per heavy atom. The fourth-order valence-corrected chi connectivity index (χ4v) is 2.27. The predicted molar refractivity (Wildman–Crippen MR) is 72.6 cm³/mol. The minimum atomic E-state index is -0.677. The second-order valence-corrected chi connectivity index (χ2v) is 5.64. The lowest BCUT2D eigenvalue weighted by Crippen LogP contribution is -2.35. The number of aliphatic hydroxyl groups is 1. The predicted octanol–water partition coefficient (Wildman–Crippen LogP) is 1.85. The zero-order valence-electron chi connectivity index (χ0n) is 11.5. The van der Waals surface area contributed by atoms with Crippen LogP contribution in [0.3, 0.4) is 0 Å². The molecule has 0 unspecified atom stereocenters. The van der Waals surface area contributed by atoms with Gasteiger partial charge in [0.05, 0.1) is 11.3 Å². The highest BCUT2D eigenvalue weighted by Crippen LogP contribution is 2.12. The molecule has 0 aliphatic rings. The number of aromatic nitrogens is 2. The van der Waals surface area contributed by atoms with Crippen LogP contribution in [0.4, 0.5) is 0 Å². The SMILES string of the molecule is Cc1cccn2cc(CN(C)CC(C)(C)O)nc12. The monoisotopic (exact) mass is 247 g/mol. The Hall–Kier alpha value is -1.39. The zero-order valence-corrected chi connectivity index (χ0v) is 11.5. The van der Waals surface area contributed by atoms with Crippen LogP contribution in [-0.4, -0.2) is 38.6 Å². The van der Waals surface area contributed by atoms with Gasteiger partial charge in [0.15, 0.2) is 0 Å². The maximum Gasteiger partial charge on any atom is 0.139 e. The molecule has 2 aromatic heterocycles. The average molecular weight is 247 g/mol. The topological polar surface area (TPSA) is 40.8 Å². The summed E-state index contributed by atoms with van der Waals surface area (Å²) in [7, 11) is 1.99. The highest BCUT2D eigenvalue weighted by atomic mass is 16.3. The van der Waals surface area contributed by atoms with Crippen LogP contribution in [0.5, 0.6) is 0 Å². The summed E-state index contributed by atoms with van der Waals surface area (Å²) in [6.45, 7) is 7.06. The molecule has 0 radical (unpaired) electrons. The fourth-order valence-electron chi connectivity index (χ4n) is 2.27. The summed E-state index contributed by atoms with van der Waals surface area (Å²) in [6.07, 6.45) is 4.05. The van der Waals surface area contributed by atoms with Crippen molar-refractivity contribution >= 4 is 5.65 Å². The summed E-state index contributed by atoms with van der Waals surface area (Å²) < 4.78 is 2.04. The normalized spacial score (nSPS) is 12.6. The number of likely N-dealkylation sites (N-methyl/N-ethyl adjacent to an activating group) is 1. The van der Waals surface area contributed by atoms with Crippen LogP contribution in [0.1, 0.15) is 25.1 Å². The highest BCUT2D eigenvalue weighted by molar-refractivity contribution is 5.47. The molecule has 18 heavy (non-hydrogen) atoms. The third-order valence-electron chi connectivity index (χ3n) is 2.82. The average Bonchev–Trinajstić information content (AvgIpc) is 2.58. The maximum atomic E-state index is 9.78. The number of aryl methyl sites for hydroxylation is 1. The maximum absolute atomic E-state index is 9.78. The largest absolute Gasteiger partial charge is 0.389 e. The van der Waals surface area contributed by atoms with Gasteiger partial charge < -0.3 is 9.51 Å². The molecule has 0 amide bonds. The summed E-state index contributed by atoms with van der Waals surface area (Å²) in [5.74, 6) is 0. The summed E-state index contributed by atoms with van der Waals surface area (Å²) in [4.78, 5) is 6.70. The first-order valence-corrected chi connectivity index (χ1v) is 6.19. The number of hydrogen-bond acceptors (Lipinski definition) is 3. The van der Waals surface area contributed by atoms with E-state index in [1.165, 1.54) is 5.56 Å². The molecule has 0 fully saturated rings. The van der Waals surface area contributed by atoms with Gasteiger partial charge in [-0.05, 0) is 39.4 Å². The molecule has 98 valence electrons. The molecule has 0 aliphatic heterocycles. The smallest absolute Gasteiger partial charge is 0.139 e. The van der Waals surface area contributed by atoms with Gasteiger partial charge in [0, 0.05) is 25.5 Å². The summed E-state index contributed by atoms with van der Waals surface area (Å²) >= 11 is 0. The van der Waals surface area contributed by atoms with Crippen molar-refractivity contribution in [1.82, 2.24) is 14.3 Å². The summed E-state index contributed by atoms with van der Waals surface area (Å²) in [5, 5.41) is 9.78. The van der Waals surface area contributed by atoms with Crippen molar-refractivity contribution in [3.8, 4) is 0 Å². The Kier molecular flexibility index (Phi) is 3.41.